The molecule has 1 N–H and O–H groups in total. The molecule has 3 rings (SSSR count). The summed E-state index contributed by atoms with van der Waals surface area (Å²) in [5.41, 5.74) is 1.28. The normalized spacial score (nSPS) is 11.0. The maximum atomic E-state index is 13.0. The minimum absolute atomic E-state index is 0.123. The Balaban J connectivity index is 1.76. The summed E-state index contributed by atoms with van der Waals surface area (Å²) < 4.78 is 31.6. The van der Waals surface area contributed by atoms with E-state index in [1.54, 1.807) is 12.1 Å². The average molecular weight is 459 g/mol. The fourth-order valence-electron chi connectivity index (χ4n) is 2.58. The molecule has 0 aliphatic rings. The number of benzene rings is 3. The average Bonchev–Trinajstić information content (AvgIpc) is 2.74. The first-order valence-electron chi connectivity index (χ1n) is 8.90. The van der Waals surface area contributed by atoms with Crippen molar-refractivity contribution in [3.63, 3.8) is 0 Å². The molecule has 0 bridgehead atoms. The van der Waals surface area contributed by atoms with Crippen molar-refractivity contribution < 1.29 is 18.3 Å². The van der Waals surface area contributed by atoms with Crippen LogP contribution in [0.1, 0.15) is 11.1 Å². The van der Waals surface area contributed by atoms with Gasteiger partial charge in [0.2, 0.25) is 0 Å². The van der Waals surface area contributed by atoms with E-state index in [2.05, 4.69) is 5.32 Å². The highest BCUT2D eigenvalue weighted by molar-refractivity contribution is 6.37. The largest absolute Gasteiger partial charge is 0.486 e. The van der Waals surface area contributed by atoms with Crippen molar-refractivity contribution in [2.24, 2.45) is 0 Å². The van der Waals surface area contributed by atoms with Gasteiger partial charge in [-0.3, -0.25) is 4.79 Å². The summed E-state index contributed by atoms with van der Waals surface area (Å²) in [4.78, 5) is 12.3. The second kappa shape index (κ2) is 10.1. The molecule has 3 aromatic carbocycles. The van der Waals surface area contributed by atoms with Crippen LogP contribution in [0.5, 0.6) is 5.75 Å². The third kappa shape index (κ3) is 6.05. The molecular formula is C23H14Cl2F2N2O2. The maximum Gasteiger partial charge on any atom is 0.266 e. The van der Waals surface area contributed by atoms with Crippen molar-refractivity contribution >= 4 is 40.9 Å². The number of nitrogens with zero attached hydrogens (tertiary/aromatic N) is 1. The van der Waals surface area contributed by atoms with Crippen molar-refractivity contribution in [2.75, 3.05) is 5.32 Å². The first-order valence-corrected chi connectivity index (χ1v) is 9.66. The number of nitriles is 1. The molecular weight excluding hydrogens is 445 g/mol. The summed E-state index contributed by atoms with van der Waals surface area (Å²) in [7, 11) is 0. The number of carbonyl (C=O) groups excluding carboxylic acids is 1. The quantitative estimate of drug-likeness (QED) is 0.343. The number of rotatable bonds is 6. The van der Waals surface area contributed by atoms with E-state index in [0.29, 0.717) is 11.3 Å². The van der Waals surface area contributed by atoms with Crippen LogP contribution in [0.3, 0.4) is 0 Å². The van der Waals surface area contributed by atoms with E-state index in [9.17, 15) is 18.8 Å². The zero-order valence-electron chi connectivity index (χ0n) is 15.8. The molecule has 0 unspecified atom stereocenters. The van der Waals surface area contributed by atoms with Crippen LogP contribution in [0.4, 0.5) is 14.5 Å². The zero-order chi connectivity index (χ0) is 22.4. The van der Waals surface area contributed by atoms with Gasteiger partial charge in [0, 0.05) is 5.69 Å². The number of ether oxygens (including phenoxy) is 1. The molecule has 156 valence electrons. The Labute approximate surface area is 187 Å². The third-order valence-electron chi connectivity index (χ3n) is 4.10. The van der Waals surface area contributed by atoms with Gasteiger partial charge in [-0.25, -0.2) is 8.78 Å². The van der Waals surface area contributed by atoms with Gasteiger partial charge in [-0.1, -0.05) is 35.3 Å². The van der Waals surface area contributed by atoms with Gasteiger partial charge < -0.3 is 10.1 Å². The molecule has 0 spiro atoms. The van der Waals surface area contributed by atoms with Crippen LogP contribution in [-0.4, -0.2) is 5.91 Å². The summed E-state index contributed by atoms with van der Waals surface area (Å²) in [6.07, 6.45) is 1.32. The number of halogens is 4. The molecule has 0 radical (unpaired) electrons. The van der Waals surface area contributed by atoms with Gasteiger partial charge in [0.1, 0.15) is 29.9 Å². The van der Waals surface area contributed by atoms with E-state index in [-0.39, 0.29) is 33.8 Å². The van der Waals surface area contributed by atoms with Crippen LogP contribution in [-0.2, 0) is 11.4 Å². The minimum Gasteiger partial charge on any atom is -0.486 e. The van der Waals surface area contributed by atoms with Crippen molar-refractivity contribution in [1.82, 2.24) is 0 Å². The fourth-order valence-corrected chi connectivity index (χ4v) is 3.20. The highest BCUT2D eigenvalue weighted by Crippen LogP contribution is 2.35. The lowest BCUT2D eigenvalue weighted by atomic mass is 10.1. The molecule has 8 heteroatoms. The van der Waals surface area contributed by atoms with E-state index in [0.717, 1.165) is 5.56 Å². The van der Waals surface area contributed by atoms with Gasteiger partial charge in [0.05, 0.1) is 10.0 Å². The Bertz CT molecular complexity index is 1150. The Morgan fingerprint density at radius 2 is 1.55 bits per heavy atom. The first-order chi connectivity index (χ1) is 14.9. The Kier molecular flexibility index (Phi) is 7.24. The highest BCUT2D eigenvalue weighted by Gasteiger charge is 2.13. The minimum atomic E-state index is -0.669. The van der Waals surface area contributed by atoms with Gasteiger partial charge in [-0.05, 0) is 65.7 Å². The van der Waals surface area contributed by atoms with Crippen LogP contribution >= 0.6 is 23.2 Å². The van der Waals surface area contributed by atoms with E-state index in [1.807, 2.05) is 6.07 Å². The monoisotopic (exact) mass is 458 g/mol. The lowest BCUT2D eigenvalue weighted by Crippen LogP contribution is -2.13. The molecule has 4 nitrogen and oxygen atoms in total. The van der Waals surface area contributed by atoms with Crippen LogP contribution in [0.15, 0.2) is 66.2 Å². The van der Waals surface area contributed by atoms with Gasteiger partial charge in [0.25, 0.3) is 5.91 Å². The van der Waals surface area contributed by atoms with Gasteiger partial charge in [0.15, 0.2) is 5.75 Å². The fraction of sp³-hybridized carbons (Fsp3) is 0.0435. The third-order valence-corrected chi connectivity index (χ3v) is 4.66. The molecule has 31 heavy (non-hydrogen) atoms. The van der Waals surface area contributed by atoms with Gasteiger partial charge in [-0.2, -0.15) is 5.26 Å². The Morgan fingerprint density at radius 1 is 1.00 bits per heavy atom. The zero-order valence-corrected chi connectivity index (χ0v) is 17.3. The number of nitrogens with one attached hydrogen (secondary N) is 1. The van der Waals surface area contributed by atoms with Crippen molar-refractivity contribution in [1.29, 1.82) is 5.26 Å². The standard InChI is InChI=1S/C23H14Cl2F2N2O2/c24-20-10-15(9-16(12-28)23(30)29-19-7-5-18(27)6-8-19)11-21(25)22(20)31-13-14-1-3-17(26)4-2-14/h1-11H,13H2,(H,29,30)/b16-9+. The lowest BCUT2D eigenvalue weighted by molar-refractivity contribution is -0.112. The highest BCUT2D eigenvalue weighted by atomic mass is 35.5. The molecule has 0 aliphatic carbocycles. The van der Waals surface area contributed by atoms with Gasteiger partial charge in [-0.15, -0.1) is 0 Å². The number of hydrogen-bond donors (Lipinski definition) is 1. The van der Waals surface area contributed by atoms with Crippen LogP contribution in [0, 0.1) is 23.0 Å². The SMILES string of the molecule is N#C/C(=C\c1cc(Cl)c(OCc2ccc(F)cc2)c(Cl)c1)C(=O)Nc1ccc(F)cc1. The number of anilines is 1. The van der Waals surface area contributed by atoms with E-state index >= 15 is 0 Å². The molecule has 0 aliphatic heterocycles. The summed E-state index contributed by atoms with van der Waals surface area (Å²) in [6, 6.07) is 15.7. The molecule has 3 aromatic rings. The van der Waals surface area contributed by atoms with Crippen LogP contribution in [0.25, 0.3) is 6.08 Å². The summed E-state index contributed by atoms with van der Waals surface area (Å²) >= 11 is 12.5. The molecule has 0 atom stereocenters. The molecule has 0 heterocycles. The number of hydrogen-bond acceptors (Lipinski definition) is 3. The lowest BCUT2D eigenvalue weighted by Gasteiger charge is -2.11. The van der Waals surface area contributed by atoms with Crippen molar-refractivity contribution in [3.8, 4) is 11.8 Å². The Hall–Kier alpha value is -3.40. The first kappa shape index (κ1) is 22.3. The van der Waals surface area contributed by atoms with E-state index < -0.39 is 11.7 Å². The second-order valence-corrected chi connectivity index (χ2v) is 7.17. The van der Waals surface area contributed by atoms with E-state index in [4.69, 9.17) is 27.9 Å². The number of amides is 1. The van der Waals surface area contributed by atoms with E-state index in [1.165, 1.54) is 54.6 Å². The predicted octanol–water partition coefficient (Wildman–Crippen LogP) is 6.40. The molecule has 0 aromatic heterocycles. The van der Waals surface area contributed by atoms with Crippen LogP contribution in [0.2, 0.25) is 10.0 Å². The summed E-state index contributed by atoms with van der Waals surface area (Å²) in [5.74, 6) is -1.25. The molecule has 1 amide bonds. The topological polar surface area (TPSA) is 62.1 Å². The predicted molar refractivity (Wildman–Crippen MR) is 116 cm³/mol. The molecule has 0 saturated carbocycles. The number of carbonyl (C=O) groups is 1. The molecule has 0 saturated heterocycles. The summed E-state index contributed by atoms with van der Waals surface area (Å²) in [5, 5.41) is 12.2. The van der Waals surface area contributed by atoms with Crippen molar-refractivity contribution in [2.45, 2.75) is 6.61 Å². The summed E-state index contributed by atoms with van der Waals surface area (Å²) in [6.45, 7) is 0.123. The second-order valence-electron chi connectivity index (χ2n) is 6.36. The molecule has 0 fully saturated rings. The maximum absolute atomic E-state index is 13.0. The Morgan fingerprint density at radius 3 is 2.10 bits per heavy atom. The van der Waals surface area contributed by atoms with Gasteiger partial charge >= 0.3 is 0 Å². The van der Waals surface area contributed by atoms with Crippen LogP contribution < -0.4 is 10.1 Å². The smallest absolute Gasteiger partial charge is 0.266 e. The van der Waals surface area contributed by atoms with Crippen molar-refractivity contribution in [3.05, 3.63) is 99.0 Å².